The smallest absolute Gasteiger partial charge is 0.271 e. The van der Waals surface area contributed by atoms with Crippen molar-refractivity contribution < 1.29 is 41.9 Å². The van der Waals surface area contributed by atoms with Gasteiger partial charge in [-0.2, -0.15) is 43.2 Å². The van der Waals surface area contributed by atoms with Crippen molar-refractivity contribution in [1.29, 1.82) is 0 Å². The number of nitrogens with zero attached hydrogens (tertiary/aromatic N) is 10. The van der Waals surface area contributed by atoms with E-state index in [1.807, 2.05) is 24.3 Å². The Morgan fingerprint density at radius 3 is 1.49 bits per heavy atom. The molecule has 51 heavy (non-hydrogen) atoms. The topological polar surface area (TPSA) is 232 Å². The van der Waals surface area contributed by atoms with Gasteiger partial charge >= 0.3 is 0 Å². The van der Waals surface area contributed by atoms with Crippen LogP contribution in [-0.4, -0.2) is 44.7 Å². The van der Waals surface area contributed by atoms with Gasteiger partial charge in [-0.1, -0.05) is 36.4 Å². The molecule has 0 bridgehead atoms. The summed E-state index contributed by atoms with van der Waals surface area (Å²) in [5.74, 6) is -0.650. The number of hydrogen-bond donors (Lipinski definition) is 3. The van der Waals surface area contributed by atoms with Crippen LogP contribution in [-0.2, 0) is 16.8 Å². The van der Waals surface area contributed by atoms with E-state index in [1.54, 1.807) is 50.2 Å². The number of phenols is 1. The number of aromatic hydroxyl groups is 3. The molecule has 0 unspecified atom stereocenters. The van der Waals surface area contributed by atoms with E-state index in [9.17, 15) is 35.5 Å². The van der Waals surface area contributed by atoms with Crippen molar-refractivity contribution in [3.05, 3.63) is 141 Å². The van der Waals surface area contributed by atoms with Gasteiger partial charge in [0.05, 0.1) is 32.6 Å². The van der Waals surface area contributed by atoms with Gasteiger partial charge in [-0.3, -0.25) is 20.2 Å². The number of rotatable bonds is 8. The summed E-state index contributed by atoms with van der Waals surface area (Å²) >= 11 is 0. The van der Waals surface area contributed by atoms with E-state index >= 15 is 0 Å². The van der Waals surface area contributed by atoms with Crippen LogP contribution in [0.4, 0.5) is 34.1 Å². The Labute approximate surface area is 299 Å². The zero-order valence-electron chi connectivity index (χ0n) is 26.7. The van der Waals surface area contributed by atoms with Crippen molar-refractivity contribution in [3.8, 4) is 28.9 Å². The van der Waals surface area contributed by atoms with Gasteiger partial charge < -0.3 is 15.3 Å². The fourth-order valence-electron chi connectivity index (χ4n) is 4.42. The van der Waals surface area contributed by atoms with Gasteiger partial charge in [0.15, 0.2) is 11.4 Å². The molecule has 18 heteroatoms. The standard InChI is InChI=1S/C17H14N5O3.C16H13N5O4.Co/c1-11-8-9-14(22(24)25)10-15(11)18-19-16-12(2)20-21(17(16)23)13-6-4-3-5-7-13;1-10-15(16(23)20(19-10)11-5-3-2-4-6-11)18-17-13-9-12(21(24)25)7-8-14(13)22;/h3-10,23H,1H2,2H3;2-9,22-23H,1H3;/q-1;;. The van der Waals surface area contributed by atoms with Gasteiger partial charge in [0.1, 0.15) is 11.4 Å². The minimum absolute atomic E-state index is 0. The number of para-hydroxylation sites is 2. The molecule has 0 amide bonds. The van der Waals surface area contributed by atoms with Crippen LogP contribution in [0.1, 0.15) is 17.0 Å². The normalized spacial score (nSPS) is 10.9. The molecule has 4 aromatic carbocycles. The Hall–Kier alpha value is -6.92. The first-order valence-corrected chi connectivity index (χ1v) is 14.5. The summed E-state index contributed by atoms with van der Waals surface area (Å²) in [5.41, 5.74) is 2.82. The maximum atomic E-state index is 10.9. The first-order chi connectivity index (χ1) is 23.9. The third-order valence-electron chi connectivity index (χ3n) is 6.98. The molecule has 0 aliphatic carbocycles. The second-order valence-corrected chi connectivity index (χ2v) is 10.4. The molecule has 261 valence electrons. The maximum Gasteiger partial charge on any atom is 0.271 e. The fourth-order valence-corrected chi connectivity index (χ4v) is 4.42. The Balaban J connectivity index is 0.000000224. The maximum absolute atomic E-state index is 10.9. The molecular weight excluding hydrogens is 707 g/mol. The molecule has 2 aromatic heterocycles. The van der Waals surface area contributed by atoms with E-state index in [0.29, 0.717) is 28.3 Å². The van der Waals surface area contributed by atoms with E-state index in [0.717, 1.165) is 18.2 Å². The van der Waals surface area contributed by atoms with Gasteiger partial charge in [-0.15, -0.1) is 10.2 Å². The van der Waals surface area contributed by atoms with Gasteiger partial charge in [0.25, 0.3) is 5.69 Å². The molecule has 0 saturated carbocycles. The molecule has 0 saturated heterocycles. The summed E-state index contributed by atoms with van der Waals surface area (Å²) in [6.45, 7) is 7.10. The monoisotopic (exact) mass is 734 g/mol. The Kier molecular flexibility index (Phi) is 11.6. The first kappa shape index (κ1) is 36.9. The molecule has 0 fully saturated rings. The molecule has 0 aliphatic heterocycles. The number of phenolic OH excluding ortho intramolecular Hbond substituents is 1. The average Bonchev–Trinajstić information content (AvgIpc) is 3.56. The summed E-state index contributed by atoms with van der Waals surface area (Å²) in [6.07, 6.45) is 0. The predicted molar refractivity (Wildman–Crippen MR) is 181 cm³/mol. The summed E-state index contributed by atoms with van der Waals surface area (Å²) in [7, 11) is 0. The second-order valence-electron chi connectivity index (χ2n) is 10.4. The van der Waals surface area contributed by atoms with Crippen LogP contribution in [0, 0.1) is 41.0 Å². The number of azo groups is 2. The summed E-state index contributed by atoms with van der Waals surface area (Å²) in [5, 5.41) is 76.3. The summed E-state index contributed by atoms with van der Waals surface area (Å²) in [6, 6.07) is 25.6. The summed E-state index contributed by atoms with van der Waals surface area (Å²) < 4.78 is 2.65. The van der Waals surface area contributed by atoms with Crippen LogP contribution in [0.15, 0.2) is 118 Å². The second kappa shape index (κ2) is 16.0. The predicted octanol–water partition coefficient (Wildman–Crippen LogP) is 8.31. The molecule has 17 nitrogen and oxygen atoms in total. The molecule has 6 aromatic rings. The largest absolute Gasteiger partial charge is 0.506 e. The van der Waals surface area contributed by atoms with E-state index in [2.05, 4.69) is 37.6 Å². The average molecular weight is 735 g/mol. The molecular formula is C33H27CoN10O7-. The van der Waals surface area contributed by atoms with Crippen molar-refractivity contribution in [2.45, 2.75) is 13.8 Å². The number of non-ortho nitro benzene ring substituents is 2. The quantitative estimate of drug-likeness (QED) is 0.0589. The van der Waals surface area contributed by atoms with Crippen LogP contribution in [0.25, 0.3) is 11.4 Å². The van der Waals surface area contributed by atoms with E-state index in [-0.39, 0.29) is 68.4 Å². The number of nitro groups is 2. The van der Waals surface area contributed by atoms with E-state index in [1.165, 1.54) is 27.6 Å². The third kappa shape index (κ3) is 8.39. The Morgan fingerprint density at radius 1 is 0.627 bits per heavy atom. The van der Waals surface area contributed by atoms with Gasteiger partial charge in [0, 0.05) is 28.9 Å². The van der Waals surface area contributed by atoms with Crippen molar-refractivity contribution in [2.75, 3.05) is 0 Å². The Morgan fingerprint density at radius 2 is 1.04 bits per heavy atom. The number of nitro benzene ring substituents is 2. The zero-order valence-corrected chi connectivity index (χ0v) is 27.8. The third-order valence-corrected chi connectivity index (χ3v) is 6.98. The van der Waals surface area contributed by atoms with Crippen LogP contribution in [0.3, 0.4) is 0 Å². The molecule has 6 rings (SSSR count). The van der Waals surface area contributed by atoms with E-state index in [4.69, 9.17) is 0 Å². The SMILES string of the molecule is Cc1nn(-c2ccccc2)c(O)c1N=Nc1cc([N+](=O)[O-])ccc1O.[CH2-]c1ccc([N+](=O)[O-])cc1N=Nc1c(C)nn(-c2ccccc2)c1O.[Co]. The van der Waals surface area contributed by atoms with Crippen LogP contribution in [0.2, 0.25) is 0 Å². The van der Waals surface area contributed by atoms with Crippen LogP contribution >= 0.6 is 0 Å². The summed E-state index contributed by atoms with van der Waals surface area (Å²) in [4.78, 5) is 20.6. The van der Waals surface area contributed by atoms with Gasteiger partial charge in [-0.25, -0.2) is 5.11 Å². The van der Waals surface area contributed by atoms with Crippen LogP contribution in [0.5, 0.6) is 17.5 Å². The molecule has 0 aliphatic rings. The van der Waals surface area contributed by atoms with Crippen molar-refractivity contribution in [3.63, 3.8) is 0 Å². The Bertz CT molecular complexity index is 2100. The minimum Gasteiger partial charge on any atom is -0.506 e. The van der Waals surface area contributed by atoms with Crippen molar-refractivity contribution >= 4 is 34.1 Å². The minimum atomic E-state index is -0.603. The number of benzene rings is 4. The van der Waals surface area contributed by atoms with E-state index < -0.39 is 9.85 Å². The number of aryl methyl sites for hydroxylation is 2. The molecule has 0 spiro atoms. The number of aromatic nitrogens is 4. The van der Waals surface area contributed by atoms with Crippen molar-refractivity contribution in [2.24, 2.45) is 20.5 Å². The molecule has 3 N–H and O–H groups in total. The molecule has 1 radical (unpaired) electrons. The first-order valence-electron chi connectivity index (χ1n) is 14.5. The number of hydrogen-bond acceptors (Lipinski definition) is 13. The van der Waals surface area contributed by atoms with Gasteiger partial charge in [-0.05, 0) is 62.0 Å². The zero-order chi connectivity index (χ0) is 35.9. The van der Waals surface area contributed by atoms with Crippen LogP contribution < -0.4 is 0 Å². The molecule has 0 atom stereocenters. The fraction of sp³-hybridized carbons (Fsp3) is 0.0606. The molecule has 2 heterocycles. The van der Waals surface area contributed by atoms with Crippen molar-refractivity contribution in [1.82, 2.24) is 19.6 Å². The van der Waals surface area contributed by atoms with Gasteiger partial charge in [0.2, 0.25) is 17.4 Å².